The Hall–Kier alpha value is -1.42. The van der Waals surface area contributed by atoms with Crippen molar-refractivity contribution >= 4 is 5.91 Å². The summed E-state index contributed by atoms with van der Waals surface area (Å²) < 4.78 is 0. The quantitative estimate of drug-likeness (QED) is 0.829. The van der Waals surface area contributed by atoms with E-state index in [1.807, 2.05) is 38.1 Å². The van der Waals surface area contributed by atoms with Crippen molar-refractivity contribution in [1.82, 2.24) is 14.8 Å². The lowest BCUT2D eigenvalue weighted by molar-refractivity contribution is 0.0745. The van der Waals surface area contributed by atoms with Crippen molar-refractivity contribution in [2.75, 3.05) is 33.7 Å². The summed E-state index contributed by atoms with van der Waals surface area (Å²) in [5.41, 5.74) is 1.51. The van der Waals surface area contributed by atoms with Gasteiger partial charge in [0.15, 0.2) is 0 Å². The molecule has 1 amide bonds. The van der Waals surface area contributed by atoms with Gasteiger partial charge in [0.25, 0.3) is 5.91 Å². The molecule has 0 fully saturated rings. The van der Waals surface area contributed by atoms with E-state index in [0.29, 0.717) is 12.2 Å². The molecule has 1 heterocycles. The second-order valence-corrected chi connectivity index (χ2v) is 6.34. The molecule has 0 atom stereocenters. The number of hydrogen-bond donors (Lipinski definition) is 0. The predicted octanol–water partition coefficient (Wildman–Crippen LogP) is 2.40. The number of amides is 1. The Morgan fingerprint density at radius 3 is 2.40 bits per heavy atom. The van der Waals surface area contributed by atoms with Crippen LogP contribution in [0.2, 0.25) is 0 Å². The van der Waals surface area contributed by atoms with Crippen molar-refractivity contribution in [3.8, 4) is 0 Å². The maximum atomic E-state index is 12.7. The third kappa shape index (κ3) is 4.30. The smallest absolute Gasteiger partial charge is 0.272 e. The molecule has 20 heavy (non-hydrogen) atoms. The maximum Gasteiger partial charge on any atom is 0.272 e. The van der Waals surface area contributed by atoms with Crippen molar-refractivity contribution in [3.63, 3.8) is 0 Å². The highest BCUT2D eigenvalue weighted by molar-refractivity contribution is 5.94. The van der Waals surface area contributed by atoms with E-state index in [1.165, 1.54) is 0 Å². The molecule has 0 spiro atoms. The molecule has 0 aromatic carbocycles. The first kappa shape index (κ1) is 16.6. The number of hydrogen-bond acceptors (Lipinski definition) is 3. The molecule has 0 aliphatic heterocycles. The van der Waals surface area contributed by atoms with E-state index < -0.39 is 0 Å². The van der Waals surface area contributed by atoms with E-state index in [0.717, 1.165) is 18.7 Å². The lowest BCUT2D eigenvalue weighted by atomic mass is 9.85. The highest BCUT2D eigenvalue weighted by Crippen LogP contribution is 2.25. The minimum atomic E-state index is -0.0831. The summed E-state index contributed by atoms with van der Waals surface area (Å²) in [6.07, 6.45) is 1.70. The summed E-state index contributed by atoms with van der Waals surface area (Å²) in [5, 5.41) is 0. The van der Waals surface area contributed by atoms with Gasteiger partial charge in [-0.3, -0.25) is 9.78 Å². The molecule has 0 aliphatic carbocycles. The summed E-state index contributed by atoms with van der Waals surface area (Å²) in [4.78, 5) is 21.0. The summed E-state index contributed by atoms with van der Waals surface area (Å²) in [6, 6.07) is 3.90. The number of likely N-dealkylation sites (N-methyl/N-ethyl adjacent to an activating group) is 2. The van der Waals surface area contributed by atoms with Crippen LogP contribution in [0.5, 0.6) is 0 Å². The van der Waals surface area contributed by atoms with E-state index in [-0.39, 0.29) is 11.3 Å². The summed E-state index contributed by atoms with van der Waals surface area (Å²) >= 11 is 0. The Morgan fingerprint density at radius 2 is 1.90 bits per heavy atom. The predicted molar refractivity (Wildman–Crippen MR) is 83.1 cm³/mol. The van der Waals surface area contributed by atoms with Crippen molar-refractivity contribution in [1.29, 1.82) is 0 Å². The van der Waals surface area contributed by atoms with Gasteiger partial charge in [0.1, 0.15) is 5.69 Å². The first-order valence-corrected chi connectivity index (χ1v) is 7.17. The molecule has 0 aliphatic rings. The van der Waals surface area contributed by atoms with Crippen LogP contribution in [-0.2, 0) is 5.41 Å². The average molecular weight is 277 g/mol. The summed E-state index contributed by atoms with van der Waals surface area (Å²) in [6.45, 7) is 10.6. The minimum Gasteiger partial charge on any atom is -0.336 e. The normalized spacial score (nSPS) is 11.8. The van der Waals surface area contributed by atoms with Crippen LogP contribution in [-0.4, -0.2) is 54.4 Å². The van der Waals surface area contributed by atoms with Crippen LogP contribution in [0.25, 0.3) is 0 Å². The zero-order valence-corrected chi connectivity index (χ0v) is 13.6. The SMILES string of the molecule is CCN(CCN(C)C)C(=O)c1ncccc1C(C)(C)C. The molecule has 0 radical (unpaired) electrons. The largest absolute Gasteiger partial charge is 0.336 e. The number of carbonyl (C=O) groups is 1. The molecule has 0 N–H and O–H groups in total. The van der Waals surface area contributed by atoms with Crippen molar-refractivity contribution in [2.24, 2.45) is 0 Å². The highest BCUT2D eigenvalue weighted by atomic mass is 16.2. The lowest BCUT2D eigenvalue weighted by Crippen LogP contribution is -2.38. The minimum absolute atomic E-state index is 0.0277. The van der Waals surface area contributed by atoms with Gasteiger partial charge in [-0.1, -0.05) is 26.8 Å². The third-order valence-corrected chi connectivity index (χ3v) is 3.30. The van der Waals surface area contributed by atoms with Crippen LogP contribution in [0.15, 0.2) is 18.3 Å². The van der Waals surface area contributed by atoms with E-state index >= 15 is 0 Å². The van der Waals surface area contributed by atoms with Crippen molar-refractivity contribution in [2.45, 2.75) is 33.1 Å². The maximum absolute atomic E-state index is 12.7. The van der Waals surface area contributed by atoms with Crippen LogP contribution in [0.4, 0.5) is 0 Å². The molecule has 0 saturated heterocycles. The van der Waals surface area contributed by atoms with Crippen molar-refractivity contribution in [3.05, 3.63) is 29.6 Å². The topological polar surface area (TPSA) is 36.4 Å². The fourth-order valence-corrected chi connectivity index (χ4v) is 2.05. The van der Waals surface area contributed by atoms with Gasteiger partial charge < -0.3 is 9.80 Å². The summed E-state index contributed by atoms with van der Waals surface area (Å²) in [5.74, 6) is 0.0277. The first-order valence-electron chi connectivity index (χ1n) is 7.17. The van der Waals surface area contributed by atoms with Crippen LogP contribution >= 0.6 is 0 Å². The Morgan fingerprint density at radius 1 is 1.25 bits per heavy atom. The molecule has 4 nitrogen and oxygen atoms in total. The molecule has 4 heteroatoms. The number of carbonyl (C=O) groups excluding carboxylic acids is 1. The number of pyridine rings is 1. The van der Waals surface area contributed by atoms with E-state index in [4.69, 9.17) is 0 Å². The fraction of sp³-hybridized carbons (Fsp3) is 0.625. The van der Waals surface area contributed by atoms with Gasteiger partial charge >= 0.3 is 0 Å². The third-order valence-electron chi connectivity index (χ3n) is 3.30. The van der Waals surface area contributed by atoms with Gasteiger partial charge in [0.05, 0.1) is 0 Å². The molecule has 1 aromatic rings. The molecule has 0 unspecified atom stereocenters. The zero-order chi connectivity index (χ0) is 15.3. The van der Waals surface area contributed by atoms with Crippen LogP contribution in [0.1, 0.15) is 43.7 Å². The Bertz CT molecular complexity index is 449. The Kier molecular flexibility index (Phi) is 5.69. The first-order chi connectivity index (χ1) is 9.27. The standard InChI is InChI=1S/C16H27N3O/c1-7-19(12-11-18(5)6)15(20)14-13(16(2,3)4)9-8-10-17-14/h8-10H,7,11-12H2,1-6H3. The lowest BCUT2D eigenvalue weighted by Gasteiger charge is -2.26. The van der Waals surface area contributed by atoms with E-state index in [1.54, 1.807) is 6.20 Å². The average Bonchev–Trinajstić information content (AvgIpc) is 2.38. The molecule has 0 bridgehead atoms. The molecule has 1 rings (SSSR count). The molecule has 0 saturated carbocycles. The molecular weight excluding hydrogens is 250 g/mol. The van der Waals surface area contributed by atoms with Gasteiger partial charge in [-0.15, -0.1) is 0 Å². The van der Waals surface area contributed by atoms with Gasteiger partial charge in [-0.25, -0.2) is 0 Å². The molecule has 112 valence electrons. The zero-order valence-electron chi connectivity index (χ0n) is 13.6. The fourth-order valence-electron chi connectivity index (χ4n) is 2.05. The van der Waals surface area contributed by atoms with E-state index in [2.05, 4.69) is 30.7 Å². The number of rotatable bonds is 5. The summed E-state index contributed by atoms with van der Waals surface area (Å²) in [7, 11) is 4.03. The van der Waals surface area contributed by atoms with Crippen LogP contribution in [0.3, 0.4) is 0 Å². The monoisotopic (exact) mass is 277 g/mol. The van der Waals surface area contributed by atoms with Gasteiger partial charge in [0, 0.05) is 25.8 Å². The van der Waals surface area contributed by atoms with Crippen LogP contribution < -0.4 is 0 Å². The van der Waals surface area contributed by atoms with Gasteiger partial charge in [-0.05, 0) is 38.1 Å². The highest BCUT2D eigenvalue weighted by Gasteiger charge is 2.25. The molecule has 1 aromatic heterocycles. The van der Waals surface area contributed by atoms with E-state index in [9.17, 15) is 4.79 Å². The van der Waals surface area contributed by atoms with Crippen LogP contribution in [0, 0.1) is 0 Å². The second kappa shape index (κ2) is 6.84. The number of nitrogens with zero attached hydrogens (tertiary/aromatic N) is 3. The van der Waals surface area contributed by atoms with Crippen molar-refractivity contribution < 1.29 is 4.79 Å². The Balaban J connectivity index is 3.01. The van der Waals surface area contributed by atoms with Gasteiger partial charge in [-0.2, -0.15) is 0 Å². The molecular formula is C16H27N3O. The number of aromatic nitrogens is 1. The Labute approximate surface area is 122 Å². The van der Waals surface area contributed by atoms with Gasteiger partial charge in [0.2, 0.25) is 0 Å². The second-order valence-electron chi connectivity index (χ2n) is 6.34.